The lowest BCUT2D eigenvalue weighted by Crippen LogP contribution is -2.31. The average Bonchev–Trinajstić information content (AvgIpc) is 3.05. The Kier molecular flexibility index (Phi) is 4.29. The van der Waals surface area contributed by atoms with Gasteiger partial charge in [0.25, 0.3) is 0 Å². The molecular weight excluding hydrogens is 354 g/mol. The Hall–Kier alpha value is -2.18. The van der Waals surface area contributed by atoms with Crippen LogP contribution in [0, 0.1) is 19.3 Å². The van der Waals surface area contributed by atoms with E-state index in [1.165, 1.54) is 38.5 Å². The van der Waals surface area contributed by atoms with E-state index >= 15 is 0 Å². The molecule has 5 rings (SSSR count). The summed E-state index contributed by atoms with van der Waals surface area (Å²) >= 11 is 0. The third-order valence-corrected chi connectivity index (χ3v) is 7.22. The standard InChI is InChI=1S/C21H29N5O2/c1-14-17(15(2)28-24-14)7-8-19(27)25-11-18(21(12-25)9-3-4-10-21)20-23-22-13-26(20)16-5-6-16/h13,16,18H,3-12H2,1-2H3. The molecule has 150 valence electrons. The van der Waals surface area contributed by atoms with Gasteiger partial charge in [-0.2, -0.15) is 0 Å². The molecule has 2 aliphatic carbocycles. The van der Waals surface area contributed by atoms with Crippen LogP contribution in [0.1, 0.15) is 79.7 Å². The maximum absolute atomic E-state index is 13.1. The summed E-state index contributed by atoms with van der Waals surface area (Å²) in [7, 11) is 0. The molecule has 28 heavy (non-hydrogen) atoms. The maximum Gasteiger partial charge on any atom is 0.222 e. The number of hydrogen-bond acceptors (Lipinski definition) is 5. The number of rotatable bonds is 5. The molecule has 1 amide bonds. The zero-order valence-corrected chi connectivity index (χ0v) is 16.9. The van der Waals surface area contributed by atoms with Gasteiger partial charge in [-0.1, -0.05) is 18.0 Å². The van der Waals surface area contributed by atoms with E-state index in [1.807, 2.05) is 20.2 Å². The number of amides is 1. The second-order valence-corrected chi connectivity index (χ2v) is 9.03. The van der Waals surface area contributed by atoms with Crippen LogP contribution in [0.2, 0.25) is 0 Å². The van der Waals surface area contributed by atoms with Gasteiger partial charge in [-0.05, 0) is 51.4 Å². The van der Waals surface area contributed by atoms with Crippen molar-refractivity contribution in [2.45, 2.75) is 77.2 Å². The normalized spacial score (nSPS) is 23.8. The quantitative estimate of drug-likeness (QED) is 0.791. The number of aryl methyl sites for hydroxylation is 2. The van der Waals surface area contributed by atoms with Gasteiger partial charge < -0.3 is 14.0 Å². The fourth-order valence-electron chi connectivity index (χ4n) is 5.48. The van der Waals surface area contributed by atoms with Crippen molar-refractivity contribution in [3.63, 3.8) is 0 Å². The molecule has 1 unspecified atom stereocenters. The van der Waals surface area contributed by atoms with Gasteiger partial charge in [-0.3, -0.25) is 4.79 Å². The number of aromatic nitrogens is 4. The van der Waals surface area contributed by atoms with Crippen LogP contribution in [0.5, 0.6) is 0 Å². The second kappa shape index (κ2) is 6.71. The summed E-state index contributed by atoms with van der Waals surface area (Å²) in [6, 6.07) is 0.577. The first-order valence-corrected chi connectivity index (χ1v) is 10.7. The molecule has 0 bridgehead atoms. The van der Waals surface area contributed by atoms with Crippen LogP contribution < -0.4 is 0 Å². The Morgan fingerprint density at radius 1 is 1.29 bits per heavy atom. The van der Waals surface area contributed by atoms with Crippen molar-refractivity contribution >= 4 is 5.91 Å². The summed E-state index contributed by atoms with van der Waals surface area (Å²) < 4.78 is 7.54. The Labute approximate surface area is 165 Å². The lowest BCUT2D eigenvalue weighted by atomic mass is 9.76. The molecular formula is C21H29N5O2. The van der Waals surface area contributed by atoms with E-state index in [1.54, 1.807) is 0 Å². The third kappa shape index (κ3) is 2.95. The van der Waals surface area contributed by atoms with Gasteiger partial charge >= 0.3 is 0 Å². The third-order valence-electron chi connectivity index (χ3n) is 7.22. The number of carbonyl (C=O) groups excluding carboxylic acids is 1. The molecule has 3 heterocycles. The fourth-order valence-corrected chi connectivity index (χ4v) is 5.48. The summed E-state index contributed by atoms with van der Waals surface area (Å²) in [5.41, 5.74) is 2.17. The first-order valence-electron chi connectivity index (χ1n) is 10.7. The summed E-state index contributed by atoms with van der Waals surface area (Å²) in [4.78, 5) is 15.2. The predicted molar refractivity (Wildman–Crippen MR) is 103 cm³/mol. The lowest BCUT2D eigenvalue weighted by molar-refractivity contribution is -0.130. The molecule has 1 saturated heterocycles. The number of nitrogens with zero attached hydrogens (tertiary/aromatic N) is 5. The van der Waals surface area contributed by atoms with Crippen molar-refractivity contribution in [3.05, 3.63) is 29.2 Å². The van der Waals surface area contributed by atoms with Crippen LogP contribution >= 0.6 is 0 Å². The first-order chi connectivity index (χ1) is 13.6. The molecule has 7 nitrogen and oxygen atoms in total. The second-order valence-electron chi connectivity index (χ2n) is 9.03. The highest BCUT2D eigenvalue weighted by Gasteiger charge is 2.52. The first kappa shape index (κ1) is 17.9. The van der Waals surface area contributed by atoms with Crippen molar-refractivity contribution < 1.29 is 9.32 Å². The van der Waals surface area contributed by atoms with E-state index in [9.17, 15) is 4.79 Å². The molecule has 1 spiro atoms. The molecule has 7 heteroatoms. The van der Waals surface area contributed by atoms with Gasteiger partial charge in [-0.15, -0.1) is 10.2 Å². The molecule has 0 aromatic carbocycles. The van der Waals surface area contributed by atoms with Crippen molar-refractivity contribution in [2.24, 2.45) is 5.41 Å². The Bertz CT molecular complexity index is 856. The zero-order valence-electron chi connectivity index (χ0n) is 16.9. The van der Waals surface area contributed by atoms with Gasteiger partial charge in [-0.25, -0.2) is 0 Å². The largest absolute Gasteiger partial charge is 0.361 e. The molecule has 2 aromatic rings. The smallest absolute Gasteiger partial charge is 0.222 e. The summed E-state index contributed by atoms with van der Waals surface area (Å²) in [6.45, 7) is 5.52. The van der Waals surface area contributed by atoms with E-state index in [0.29, 0.717) is 24.8 Å². The summed E-state index contributed by atoms with van der Waals surface area (Å²) in [5.74, 6) is 2.51. The minimum Gasteiger partial charge on any atom is -0.361 e. The van der Waals surface area contributed by atoms with Crippen LogP contribution in [-0.2, 0) is 11.2 Å². The van der Waals surface area contributed by atoms with E-state index in [0.717, 1.165) is 35.9 Å². The lowest BCUT2D eigenvalue weighted by Gasteiger charge is -2.29. The van der Waals surface area contributed by atoms with E-state index in [4.69, 9.17) is 4.52 Å². The number of carbonyl (C=O) groups is 1. The summed E-state index contributed by atoms with van der Waals surface area (Å²) in [5, 5.41) is 12.8. The van der Waals surface area contributed by atoms with Gasteiger partial charge in [0.2, 0.25) is 5.91 Å². The van der Waals surface area contributed by atoms with Gasteiger partial charge in [0, 0.05) is 37.0 Å². The van der Waals surface area contributed by atoms with Gasteiger partial charge in [0.1, 0.15) is 17.9 Å². The van der Waals surface area contributed by atoms with Crippen molar-refractivity contribution in [1.29, 1.82) is 0 Å². The van der Waals surface area contributed by atoms with Crippen LogP contribution in [0.25, 0.3) is 0 Å². The van der Waals surface area contributed by atoms with Crippen molar-refractivity contribution in [2.75, 3.05) is 13.1 Å². The molecule has 0 radical (unpaired) electrons. The summed E-state index contributed by atoms with van der Waals surface area (Å²) in [6.07, 6.45) is 10.5. The van der Waals surface area contributed by atoms with Gasteiger partial charge in [0.05, 0.1) is 5.69 Å². The van der Waals surface area contributed by atoms with Crippen LogP contribution in [0.4, 0.5) is 0 Å². The molecule has 3 aliphatic rings. The molecule has 2 aromatic heterocycles. The van der Waals surface area contributed by atoms with Crippen molar-refractivity contribution in [1.82, 2.24) is 24.8 Å². The molecule has 3 fully saturated rings. The Morgan fingerprint density at radius 3 is 2.75 bits per heavy atom. The highest BCUT2D eigenvalue weighted by Crippen LogP contribution is 2.54. The number of hydrogen-bond donors (Lipinski definition) is 0. The van der Waals surface area contributed by atoms with Crippen LogP contribution in [0.15, 0.2) is 10.9 Å². The Balaban J connectivity index is 1.34. The molecule has 2 saturated carbocycles. The fraction of sp³-hybridized carbons (Fsp3) is 0.714. The van der Waals surface area contributed by atoms with E-state index in [2.05, 4.69) is 24.8 Å². The SMILES string of the molecule is Cc1noc(C)c1CCC(=O)N1CC(c2nncn2C2CC2)C2(CCCC2)C1. The van der Waals surface area contributed by atoms with Crippen molar-refractivity contribution in [3.8, 4) is 0 Å². The molecule has 0 N–H and O–H groups in total. The average molecular weight is 383 g/mol. The molecule has 1 aliphatic heterocycles. The van der Waals surface area contributed by atoms with Crippen LogP contribution in [0.3, 0.4) is 0 Å². The Morgan fingerprint density at radius 2 is 2.07 bits per heavy atom. The minimum atomic E-state index is 0.193. The molecule has 1 atom stereocenters. The van der Waals surface area contributed by atoms with Crippen LogP contribution in [-0.4, -0.2) is 43.8 Å². The monoisotopic (exact) mass is 383 g/mol. The highest BCUT2D eigenvalue weighted by atomic mass is 16.5. The zero-order chi connectivity index (χ0) is 19.3. The number of likely N-dealkylation sites (tertiary alicyclic amines) is 1. The van der Waals surface area contributed by atoms with E-state index in [-0.39, 0.29) is 11.3 Å². The van der Waals surface area contributed by atoms with Gasteiger partial charge in [0.15, 0.2) is 0 Å². The van der Waals surface area contributed by atoms with E-state index < -0.39 is 0 Å². The topological polar surface area (TPSA) is 77.1 Å². The minimum absolute atomic E-state index is 0.193. The highest BCUT2D eigenvalue weighted by molar-refractivity contribution is 5.77. The maximum atomic E-state index is 13.1. The predicted octanol–water partition coefficient (Wildman–Crippen LogP) is 3.34.